The van der Waals surface area contributed by atoms with Crippen molar-refractivity contribution in [3.8, 4) is 0 Å². The summed E-state index contributed by atoms with van der Waals surface area (Å²) in [6.45, 7) is 3.84. The van der Waals surface area contributed by atoms with E-state index in [0.717, 1.165) is 51.3 Å². The normalized spacial score (nSPS) is 16.0. The van der Waals surface area contributed by atoms with Gasteiger partial charge in [-0.05, 0) is 43.5 Å². The topological polar surface area (TPSA) is 38.5 Å². The SMILES string of the molecule is NCCCCc1ccc(F)cc1N1CCOCC1. The van der Waals surface area contributed by atoms with Crippen molar-refractivity contribution in [1.29, 1.82) is 0 Å². The molecule has 0 amide bonds. The van der Waals surface area contributed by atoms with Crippen molar-refractivity contribution in [2.24, 2.45) is 5.73 Å². The van der Waals surface area contributed by atoms with Crippen LogP contribution in [-0.2, 0) is 11.2 Å². The maximum atomic E-state index is 13.4. The number of nitrogens with zero attached hydrogens (tertiary/aromatic N) is 1. The fraction of sp³-hybridized carbons (Fsp3) is 0.571. The molecule has 0 bridgehead atoms. The lowest BCUT2D eigenvalue weighted by atomic mass is 10.0. The summed E-state index contributed by atoms with van der Waals surface area (Å²) in [6, 6.07) is 5.08. The van der Waals surface area contributed by atoms with Crippen LogP contribution in [-0.4, -0.2) is 32.8 Å². The molecule has 0 aliphatic carbocycles. The van der Waals surface area contributed by atoms with Crippen molar-refractivity contribution in [3.63, 3.8) is 0 Å². The summed E-state index contributed by atoms with van der Waals surface area (Å²) in [5, 5.41) is 0. The van der Waals surface area contributed by atoms with Gasteiger partial charge in [0.2, 0.25) is 0 Å². The fourth-order valence-corrected chi connectivity index (χ4v) is 2.31. The first kappa shape index (κ1) is 13.3. The molecular weight excluding hydrogens is 231 g/mol. The maximum absolute atomic E-state index is 13.4. The smallest absolute Gasteiger partial charge is 0.125 e. The highest BCUT2D eigenvalue weighted by atomic mass is 19.1. The van der Waals surface area contributed by atoms with Gasteiger partial charge in [-0.1, -0.05) is 6.07 Å². The van der Waals surface area contributed by atoms with E-state index in [-0.39, 0.29) is 5.82 Å². The van der Waals surface area contributed by atoms with Gasteiger partial charge in [0.05, 0.1) is 13.2 Å². The molecule has 0 radical (unpaired) electrons. The van der Waals surface area contributed by atoms with Crippen LogP contribution in [0.1, 0.15) is 18.4 Å². The van der Waals surface area contributed by atoms with E-state index >= 15 is 0 Å². The molecule has 1 heterocycles. The first-order valence-corrected chi connectivity index (χ1v) is 6.62. The zero-order chi connectivity index (χ0) is 12.8. The molecule has 0 spiro atoms. The quantitative estimate of drug-likeness (QED) is 0.814. The van der Waals surface area contributed by atoms with Crippen LogP contribution < -0.4 is 10.6 Å². The van der Waals surface area contributed by atoms with Gasteiger partial charge in [0.1, 0.15) is 5.82 Å². The van der Waals surface area contributed by atoms with Gasteiger partial charge in [-0.25, -0.2) is 4.39 Å². The van der Waals surface area contributed by atoms with E-state index in [4.69, 9.17) is 10.5 Å². The summed E-state index contributed by atoms with van der Waals surface area (Å²) in [5.74, 6) is -0.168. The molecule has 0 unspecified atom stereocenters. The molecule has 1 aliphatic rings. The van der Waals surface area contributed by atoms with Gasteiger partial charge in [-0.15, -0.1) is 0 Å². The van der Waals surface area contributed by atoms with E-state index < -0.39 is 0 Å². The lowest BCUT2D eigenvalue weighted by molar-refractivity contribution is 0.122. The molecule has 2 rings (SSSR count). The first-order chi connectivity index (χ1) is 8.81. The number of unbranched alkanes of at least 4 members (excludes halogenated alkanes) is 1. The second-order valence-electron chi connectivity index (χ2n) is 4.62. The zero-order valence-electron chi connectivity index (χ0n) is 10.7. The van der Waals surface area contributed by atoms with Crippen LogP contribution in [0.4, 0.5) is 10.1 Å². The Morgan fingerprint density at radius 1 is 1.22 bits per heavy atom. The molecule has 3 nitrogen and oxygen atoms in total. The Morgan fingerprint density at radius 2 is 2.00 bits per heavy atom. The number of nitrogens with two attached hydrogens (primary N) is 1. The Kier molecular flexibility index (Phi) is 4.96. The van der Waals surface area contributed by atoms with Gasteiger partial charge in [0.25, 0.3) is 0 Å². The van der Waals surface area contributed by atoms with E-state index in [0.29, 0.717) is 6.54 Å². The third kappa shape index (κ3) is 3.43. The van der Waals surface area contributed by atoms with Crippen molar-refractivity contribution in [1.82, 2.24) is 0 Å². The molecule has 1 aromatic rings. The molecule has 2 N–H and O–H groups in total. The fourth-order valence-electron chi connectivity index (χ4n) is 2.31. The zero-order valence-corrected chi connectivity index (χ0v) is 10.7. The number of hydrogen-bond donors (Lipinski definition) is 1. The Balaban J connectivity index is 2.11. The van der Waals surface area contributed by atoms with Crippen LogP contribution in [0.15, 0.2) is 18.2 Å². The van der Waals surface area contributed by atoms with Crippen LogP contribution in [0.5, 0.6) is 0 Å². The second-order valence-corrected chi connectivity index (χ2v) is 4.62. The minimum atomic E-state index is -0.168. The third-order valence-electron chi connectivity index (χ3n) is 3.30. The van der Waals surface area contributed by atoms with Gasteiger partial charge in [0, 0.05) is 18.8 Å². The molecule has 100 valence electrons. The summed E-state index contributed by atoms with van der Waals surface area (Å²) in [7, 11) is 0. The lowest BCUT2D eigenvalue weighted by Crippen LogP contribution is -2.36. The molecular formula is C14H21FN2O. The van der Waals surface area contributed by atoms with Crippen LogP contribution in [0.3, 0.4) is 0 Å². The Morgan fingerprint density at radius 3 is 2.72 bits per heavy atom. The van der Waals surface area contributed by atoms with Crippen molar-refractivity contribution in [2.75, 3.05) is 37.7 Å². The molecule has 0 atom stereocenters. The number of morpholine rings is 1. The number of ether oxygens (including phenoxy) is 1. The maximum Gasteiger partial charge on any atom is 0.125 e. The van der Waals surface area contributed by atoms with E-state index in [1.54, 1.807) is 12.1 Å². The van der Waals surface area contributed by atoms with Gasteiger partial charge in [-0.2, -0.15) is 0 Å². The summed E-state index contributed by atoms with van der Waals surface area (Å²) >= 11 is 0. The summed E-state index contributed by atoms with van der Waals surface area (Å²) in [6.07, 6.45) is 3.03. The highest BCUT2D eigenvalue weighted by molar-refractivity contribution is 5.54. The Labute approximate surface area is 108 Å². The van der Waals surface area contributed by atoms with Gasteiger partial charge in [0.15, 0.2) is 0 Å². The standard InChI is InChI=1S/C14H21FN2O/c15-13-5-4-12(3-1-2-6-16)14(11-13)17-7-9-18-10-8-17/h4-5,11H,1-3,6-10,16H2. The molecule has 1 aliphatic heterocycles. The number of halogens is 1. The van der Waals surface area contributed by atoms with E-state index in [9.17, 15) is 4.39 Å². The van der Waals surface area contributed by atoms with Gasteiger partial charge >= 0.3 is 0 Å². The predicted molar refractivity (Wildman–Crippen MR) is 71.4 cm³/mol. The molecule has 1 aromatic carbocycles. The first-order valence-electron chi connectivity index (χ1n) is 6.62. The third-order valence-corrected chi connectivity index (χ3v) is 3.30. The minimum Gasteiger partial charge on any atom is -0.378 e. The van der Waals surface area contributed by atoms with Crippen molar-refractivity contribution < 1.29 is 9.13 Å². The molecule has 1 saturated heterocycles. The van der Waals surface area contributed by atoms with Crippen LogP contribution in [0, 0.1) is 5.82 Å². The van der Waals surface area contributed by atoms with Gasteiger partial charge < -0.3 is 15.4 Å². The minimum absolute atomic E-state index is 0.168. The highest BCUT2D eigenvalue weighted by Crippen LogP contribution is 2.24. The van der Waals surface area contributed by atoms with E-state index in [1.165, 1.54) is 5.56 Å². The van der Waals surface area contributed by atoms with Crippen LogP contribution in [0.2, 0.25) is 0 Å². The molecule has 18 heavy (non-hydrogen) atoms. The van der Waals surface area contributed by atoms with Crippen molar-refractivity contribution in [3.05, 3.63) is 29.6 Å². The summed E-state index contributed by atoms with van der Waals surface area (Å²) in [4.78, 5) is 2.21. The molecule has 0 saturated carbocycles. The van der Waals surface area contributed by atoms with Gasteiger partial charge in [-0.3, -0.25) is 0 Å². The Bertz CT molecular complexity index is 378. The molecule has 4 heteroatoms. The van der Waals surface area contributed by atoms with Crippen molar-refractivity contribution in [2.45, 2.75) is 19.3 Å². The van der Waals surface area contributed by atoms with E-state index in [2.05, 4.69) is 4.90 Å². The number of aryl methyl sites for hydroxylation is 1. The predicted octanol–water partition coefficient (Wildman–Crippen LogP) is 1.94. The highest BCUT2D eigenvalue weighted by Gasteiger charge is 2.15. The average molecular weight is 252 g/mol. The second kappa shape index (κ2) is 6.71. The Hall–Kier alpha value is -1.13. The van der Waals surface area contributed by atoms with E-state index in [1.807, 2.05) is 6.07 Å². The average Bonchev–Trinajstić information content (AvgIpc) is 2.41. The summed E-state index contributed by atoms with van der Waals surface area (Å²) in [5.41, 5.74) is 7.75. The van der Waals surface area contributed by atoms with Crippen LogP contribution in [0.25, 0.3) is 0 Å². The number of anilines is 1. The monoisotopic (exact) mass is 252 g/mol. The largest absolute Gasteiger partial charge is 0.378 e. The molecule has 0 aromatic heterocycles. The summed E-state index contributed by atoms with van der Waals surface area (Å²) < 4.78 is 18.8. The van der Waals surface area contributed by atoms with Crippen LogP contribution >= 0.6 is 0 Å². The number of rotatable bonds is 5. The molecule has 1 fully saturated rings. The number of benzene rings is 1. The number of hydrogen-bond acceptors (Lipinski definition) is 3. The van der Waals surface area contributed by atoms with Crippen molar-refractivity contribution >= 4 is 5.69 Å². The lowest BCUT2D eigenvalue weighted by Gasteiger charge is -2.30.